The average Bonchev–Trinajstić information content (AvgIpc) is 1.54. The Labute approximate surface area is 82.1 Å². The Hall–Kier alpha value is -0.460. The summed E-state index contributed by atoms with van der Waals surface area (Å²) < 4.78 is 0. The van der Waals surface area contributed by atoms with Crippen molar-refractivity contribution in [2.24, 2.45) is 0 Å². The predicted octanol–water partition coefficient (Wildman–Crippen LogP) is -0.206. The van der Waals surface area contributed by atoms with Crippen molar-refractivity contribution in [1.82, 2.24) is 0 Å². The Balaban J connectivity index is -0.0000000450. The van der Waals surface area contributed by atoms with Gasteiger partial charge in [0.25, 0.3) is 11.9 Å². The average molecular weight is 239 g/mol. The summed E-state index contributed by atoms with van der Waals surface area (Å²) in [5.74, 6) is -1.67. The summed E-state index contributed by atoms with van der Waals surface area (Å²) in [7, 11) is -2.62. The first-order valence-corrected chi connectivity index (χ1v) is 3.66. The first-order chi connectivity index (χ1) is 5.20. The number of hydrogen-bond acceptors (Lipinski definition) is 5. The van der Waals surface area contributed by atoms with Crippen molar-refractivity contribution in [2.75, 3.05) is 0 Å². The monoisotopic (exact) mass is 238 g/mol. The van der Waals surface area contributed by atoms with Gasteiger partial charge in [-0.1, -0.05) is 0 Å². The van der Waals surface area contributed by atoms with Crippen molar-refractivity contribution in [3.8, 4) is 0 Å². The maximum atomic E-state index is 9.00. The minimum absolute atomic E-state index is 0. The van der Waals surface area contributed by atoms with Crippen LogP contribution >= 0.6 is 21.0 Å². The van der Waals surface area contributed by atoms with Gasteiger partial charge in [-0.3, -0.25) is 9.59 Å². The number of aliphatic carboxylic acids is 2. The Bertz CT molecular complexity index is 105. The van der Waals surface area contributed by atoms with Gasteiger partial charge in [-0.05, 0) is 0 Å². The molecule has 0 aliphatic heterocycles. The second-order valence-corrected chi connectivity index (χ2v) is 1.84. The fourth-order valence-corrected chi connectivity index (χ4v) is 0. The second-order valence-electron chi connectivity index (χ2n) is 1.31. The lowest BCUT2D eigenvalue weighted by atomic mass is 10.9. The number of carboxylic acid groups (broad SMARTS) is 2. The highest BCUT2D eigenvalue weighted by atomic mass is 35.5. The van der Waals surface area contributed by atoms with Crippen LogP contribution in [0, 0.1) is 0 Å². The van der Waals surface area contributed by atoms with Crippen LogP contribution in [0.2, 0.25) is 0 Å². The molecule has 0 saturated heterocycles. The molecule has 0 aromatic carbocycles. The van der Waals surface area contributed by atoms with Gasteiger partial charge in [0.1, 0.15) is 0 Å². The van der Waals surface area contributed by atoms with Gasteiger partial charge in [-0.2, -0.15) is 0 Å². The SMILES string of the molecule is CC(=O)O.CC(=O)O.Cl.OP(O)O. The van der Waals surface area contributed by atoms with E-state index in [0.29, 0.717) is 0 Å². The maximum absolute atomic E-state index is 9.00. The number of carboxylic acids is 2. The molecule has 0 rings (SSSR count). The van der Waals surface area contributed by atoms with Crippen LogP contribution in [-0.4, -0.2) is 36.8 Å². The molecule has 13 heavy (non-hydrogen) atoms. The number of halogens is 1. The van der Waals surface area contributed by atoms with E-state index in [2.05, 4.69) is 0 Å². The van der Waals surface area contributed by atoms with Crippen LogP contribution in [0.25, 0.3) is 0 Å². The highest BCUT2D eigenvalue weighted by molar-refractivity contribution is 7.38. The van der Waals surface area contributed by atoms with Crippen molar-refractivity contribution >= 4 is 32.9 Å². The first kappa shape index (κ1) is 22.9. The lowest BCUT2D eigenvalue weighted by molar-refractivity contribution is -0.135. The predicted molar refractivity (Wildman–Crippen MR) is 47.4 cm³/mol. The van der Waals surface area contributed by atoms with Gasteiger partial charge in [0.05, 0.1) is 0 Å². The van der Waals surface area contributed by atoms with Gasteiger partial charge >= 0.3 is 8.60 Å². The molecule has 0 bridgehead atoms. The van der Waals surface area contributed by atoms with Crippen LogP contribution in [0.5, 0.6) is 0 Å². The molecule has 0 radical (unpaired) electrons. The van der Waals surface area contributed by atoms with Gasteiger partial charge in [-0.25, -0.2) is 0 Å². The number of hydrogen-bond donors (Lipinski definition) is 5. The molecule has 0 aromatic rings. The quantitative estimate of drug-likeness (QED) is 0.369. The zero-order chi connectivity index (χ0) is 10.7. The molecule has 0 fully saturated rings. The van der Waals surface area contributed by atoms with Crippen LogP contribution in [-0.2, 0) is 9.59 Å². The molecule has 82 valence electrons. The molecule has 0 unspecified atom stereocenters. The van der Waals surface area contributed by atoms with Crippen molar-refractivity contribution in [2.45, 2.75) is 13.8 Å². The molecule has 0 aliphatic rings. The highest BCUT2D eigenvalue weighted by Crippen LogP contribution is 2.11. The van der Waals surface area contributed by atoms with Crippen LogP contribution in [0.15, 0.2) is 0 Å². The van der Waals surface area contributed by atoms with Crippen LogP contribution in [0.1, 0.15) is 13.8 Å². The Kier molecular flexibility index (Phi) is 31.0. The summed E-state index contributed by atoms with van der Waals surface area (Å²) in [6, 6.07) is 0. The summed E-state index contributed by atoms with van der Waals surface area (Å²) >= 11 is 0. The molecule has 0 saturated carbocycles. The smallest absolute Gasteiger partial charge is 0.324 e. The third-order valence-electron chi connectivity index (χ3n) is 0. The fourth-order valence-electron chi connectivity index (χ4n) is 0. The van der Waals surface area contributed by atoms with Crippen LogP contribution < -0.4 is 0 Å². The van der Waals surface area contributed by atoms with Gasteiger partial charge in [0.2, 0.25) is 0 Å². The van der Waals surface area contributed by atoms with Crippen LogP contribution in [0.3, 0.4) is 0 Å². The van der Waals surface area contributed by atoms with Crippen molar-refractivity contribution in [1.29, 1.82) is 0 Å². The third kappa shape index (κ3) is 4960. The van der Waals surface area contributed by atoms with Crippen molar-refractivity contribution < 1.29 is 34.5 Å². The van der Waals surface area contributed by atoms with Crippen molar-refractivity contribution in [3.05, 3.63) is 0 Å². The molecule has 7 nitrogen and oxygen atoms in total. The summed E-state index contributed by atoms with van der Waals surface area (Å²) in [4.78, 5) is 39.7. The van der Waals surface area contributed by atoms with E-state index in [9.17, 15) is 0 Å². The highest BCUT2D eigenvalue weighted by Gasteiger charge is 1.76. The molecule has 0 heterocycles. The minimum atomic E-state index is -2.62. The lowest BCUT2D eigenvalue weighted by Gasteiger charge is -1.76. The first-order valence-electron chi connectivity index (χ1n) is 2.46. The van der Waals surface area contributed by atoms with E-state index in [4.69, 9.17) is 34.5 Å². The minimum Gasteiger partial charge on any atom is -0.481 e. The molecular weight excluding hydrogens is 226 g/mol. The summed E-state index contributed by atoms with van der Waals surface area (Å²) in [5.41, 5.74) is 0. The lowest BCUT2D eigenvalue weighted by Crippen LogP contribution is -1.78. The van der Waals surface area contributed by atoms with Gasteiger partial charge in [0.15, 0.2) is 0 Å². The van der Waals surface area contributed by atoms with E-state index in [1.54, 1.807) is 0 Å². The Morgan fingerprint density at radius 3 is 0.923 bits per heavy atom. The van der Waals surface area contributed by atoms with E-state index < -0.39 is 20.5 Å². The molecule has 0 amide bonds. The molecule has 9 heteroatoms. The standard InChI is InChI=1S/2C2H4O2.ClH.H3O3P/c2*1-2(3)4;;1-4(2)3/h2*1H3,(H,3,4);1H;1-3H. The number of carbonyl (C=O) groups is 2. The molecule has 0 atom stereocenters. The third-order valence-corrected chi connectivity index (χ3v) is 0. The zero-order valence-corrected chi connectivity index (χ0v) is 8.62. The van der Waals surface area contributed by atoms with Crippen molar-refractivity contribution in [3.63, 3.8) is 0 Å². The molecule has 5 N–H and O–H groups in total. The molecule has 0 aliphatic carbocycles. The van der Waals surface area contributed by atoms with E-state index >= 15 is 0 Å². The van der Waals surface area contributed by atoms with E-state index in [1.165, 1.54) is 0 Å². The zero-order valence-electron chi connectivity index (χ0n) is 6.91. The van der Waals surface area contributed by atoms with Gasteiger partial charge in [0, 0.05) is 13.8 Å². The maximum Gasteiger partial charge on any atom is 0.324 e. The largest absolute Gasteiger partial charge is 0.481 e. The van der Waals surface area contributed by atoms with Crippen LogP contribution in [0.4, 0.5) is 0 Å². The van der Waals surface area contributed by atoms with Gasteiger partial charge < -0.3 is 24.9 Å². The normalized spacial score (nSPS) is 6.62. The molecular formula is C4H12ClO7P. The fraction of sp³-hybridized carbons (Fsp3) is 0.500. The Morgan fingerprint density at radius 1 is 0.923 bits per heavy atom. The van der Waals surface area contributed by atoms with E-state index in [1.807, 2.05) is 0 Å². The molecule has 0 aromatic heterocycles. The molecule has 0 spiro atoms. The summed E-state index contributed by atoms with van der Waals surface area (Å²) in [6.45, 7) is 2.17. The van der Waals surface area contributed by atoms with Gasteiger partial charge in [-0.15, -0.1) is 12.4 Å². The second kappa shape index (κ2) is 17.6. The number of rotatable bonds is 0. The summed E-state index contributed by atoms with van der Waals surface area (Å²) in [5, 5.41) is 14.8. The van der Waals surface area contributed by atoms with E-state index in [-0.39, 0.29) is 12.4 Å². The van der Waals surface area contributed by atoms with E-state index in [0.717, 1.165) is 13.8 Å². The Morgan fingerprint density at radius 2 is 0.923 bits per heavy atom. The topological polar surface area (TPSA) is 135 Å². The summed E-state index contributed by atoms with van der Waals surface area (Å²) in [6.07, 6.45) is 0.